The van der Waals surface area contributed by atoms with E-state index in [0.717, 1.165) is 29.7 Å². The largest absolute Gasteiger partial charge is 0.494 e. The molecule has 2 atom stereocenters. The Kier molecular flexibility index (Phi) is 9.18. The van der Waals surface area contributed by atoms with E-state index in [9.17, 15) is 14.7 Å². The average Bonchev–Trinajstić information content (AvgIpc) is 2.72. The summed E-state index contributed by atoms with van der Waals surface area (Å²) in [6.07, 6.45) is 1.07. The standard InChI is InChI=1S/C23H29NO5/c1-3-4-14-28-20-12-10-18(11-13-20)15-21(26)24-22(17(2)25)23(27)29-16-19-8-6-5-7-9-19/h5-13,17,22,25H,3-4,14-16H2,1-2H3,(H,24,26)/t17-,22-/m1/s1. The van der Waals surface area contributed by atoms with E-state index in [0.29, 0.717) is 6.61 Å². The van der Waals surface area contributed by atoms with Gasteiger partial charge in [0.15, 0.2) is 6.04 Å². The number of nitrogens with one attached hydrogen (secondary N) is 1. The van der Waals surface area contributed by atoms with Gasteiger partial charge in [-0.3, -0.25) is 4.79 Å². The van der Waals surface area contributed by atoms with Crippen LogP contribution in [-0.2, 0) is 27.4 Å². The molecular weight excluding hydrogens is 370 g/mol. The third kappa shape index (κ3) is 7.95. The van der Waals surface area contributed by atoms with Crippen molar-refractivity contribution in [1.29, 1.82) is 0 Å². The number of esters is 1. The average molecular weight is 399 g/mol. The van der Waals surface area contributed by atoms with Crippen LogP contribution < -0.4 is 10.1 Å². The fourth-order valence-electron chi connectivity index (χ4n) is 2.64. The fraction of sp³-hybridized carbons (Fsp3) is 0.391. The highest BCUT2D eigenvalue weighted by molar-refractivity contribution is 5.86. The van der Waals surface area contributed by atoms with Crippen LogP contribution in [-0.4, -0.2) is 35.7 Å². The van der Waals surface area contributed by atoms with Crippen molar-refractivity contribution in [2.24, 2.45) is 0 Å². The van der Waals surface area contributed by atoms with Crippen molar-refractivity contribution in [2.75, 3.05) is 6.61 Å². The number of carbonyl (C=O) groups excluding carboxylic acids is 2. The lowest BCUT2D eigenvalue weighted by atomic mass is 10.1. The Morgan fingerprint density at radius 2 is 1.72 bits per heavy atom. The molecule has 1 amide bonds. The predicted molar refractivity (Wildman–Crippen MR) is 110 cm³/mol. The number of amides is 1. The quantitative estimate of drug-likeness (QED) is 0.448. The molecule has 0 radical (unpaired) electrons. The van der Waals surface area contributed by atoms with Crippen LogP contribution >= 0.6 is 0 Å². The van der Waals surface area contributed by atoms with Crippen molar-refractivity contribution < 1.29 is 24.2 Å². The van der Waals surface area contributed by atoms with Gasteiger partial charge in [0, 0.05) is 0 Å². The van der Waals surface area contributed by atoms with Gasteiger partial charge in [-0.1, -0.05) is 55.8 Å². The highest BCUT2D eigenvalue weighted by atomic mass is 16.5. The molecule has 0 fully saturated rings. The third-order valence-corrected chi connectivity index (χ3v) is 4.33. The van der Waals surface area contributed by atoms with E-state index >= 15 is 0 Å². The number of unbranched alkanes of at least 4 members (excludes halogenated alkanes) is 1. The lowest BCUT2D eigenvalue weighted by molar-refractivity contribution is -0.152. The molecule has 0 unspecified atom stereocenters. The monoisotopic (exact) mass is 399 g/mol. The summed E-state index contributed by atoms with van der Waals surface area (Å²) in [5.41, 5.74) is 1.62. The van der Waals surface area contributed by atoms with Gasteiger partial charge in [-0.05, 0) is 36.6 Å². The molecule has 0 heterocycles. The molecule has 156 valence electrons. The summed E-state index contributed by atoms with van der Waals surface area (Å²) in [6, 6.07) is 15.4. The zero-order valence-electron chi connectivity index (χ0n) is 17.0. The van der Waals surface area contributed by atoms with Gasteiger partial charge in [0.05, 0.1) is 19.1 Å². The van der Waals surface area contributed by atoms with Crippen molar-refractivity contribution in [3.05, 3.63) is 65.7 Å². The summed E-state index contributed by atoms with van der Waals surface area (Å²) in [7, 11) is 0. The minimum absolute atomic E-state index is 0.0816. The Labute approximate surface area is 171 Å². The topological polar surface area (TPSA) is 84.9 Å². The summed E-state index contributed by atoms with van der Waals surface area (Å²) < 4.78 is 10.8. The van der Waals surface area contributed by atoms with Gasteiger partial charge in [-0.25, -0.2) is 4.79 Å². The molecule has 29 heavy (non-hydrogen) atoms. The van der Waals surface area contributed by atoms with E-state index in [1.807, 2.05) is 54.6 Å². The molecular formula is C23H29NO5. The van der Waals surface area contributed by atoms with Crippen molar-refractivity contribution in [2.45, 2.75) is 51.9 Å². The number of rotatable bonds is 11. The molecule has 2 aromatic rings. The molecule has 6 nitrogen and oxygen atoms in total. The number of benzene rings is 2. The number of aliphatic hydroxyl groups is 1. The Bertz CT molecular complexity index is 759. The molecule has 0 saturated carbocycles. The van der Waals surface area contributed by atoms with E-state index in [2.05, 4.69) is 12.2 Å². The first-order valence-electron chi connectivity index (χ1n) is 9.89. The SMILES string of the molecule is CCCCOc1ccc(CC(=O)N[C@@H](C(=O)OCc2ccccc2)[C@@H](C)O)cc1. The maximum atomic E-state index is 12.3. The number of aliphatic hydroxyl groups excluding tert-OH is 1. The van der Waals surface area contributed by atoms with Crippen LogP contribution in [0.3, 0.4) is 0 Å². The van der Waals surface area contributed by atoms with E-state index in [1.54, 1.807) is 0 Å². The van der Waals surface area contributed by atoms with Gasteiger partial charge in [0.2, 0.25) is 5.91 Å². The fourth-order valence-corrected chi connectivity index (χ4v) is 2.64. The van der Waals surface area contributed by atoms with Gasteiger partial charge < -0.3 is 19.9 Å². The van der Waals surface area contributed by atoms with E-state index in [1.165, 1.54) is 6.92 Å². The van der Waals surface area contributed by atoms with Crippen LogP contribution in [0.15, 0.2) is 54.6 Å². The minimum Gasteiger partial charge on any atom is -0.494 e. The van der Waals surface area contributed by atoms with E-state index in [-0.39, 0.29) is 18.9 Å². The van der Waals surface area contributed by atoms with Gasteiger partial charge in [0.1, 0.15) is 12.4 Å². The third-order valence-electron chi connectivity index (χ3n) is 4.33. The summed E-state index contributed by atoms with van der Waals surface area (Å²) >= 11 is 0. The molecule has 6 heteroatoms. The Balaban J connectivity index is 1.86. The number of hydrogen-bond acceptors (Lipinski definition) is 5. The van der Waals surface area contributed by atoms with Crippen molar-refractivity contribution in [1.82, 2.24) is 5.32 Å². The lowest BCUT2D eigenvalue weighted by Crippen LogP contribution is -2.48. The molecule has 0 aliphatic heterocycles. The van der Waals surface area contributed by atoms with Crippen molar-refractivity contribution >= 4 is 11.9 Å². The maximum absolute atomic E-state index is 12.3. The van der Waals surface area contributed by atoms with Gasteiger partial charge in [-0.15, -0.1) is 0 Å². The number of ether oxygens (including phenoxy) is 2. The lowest BCUT2D eigenvalue weighted by Gasteiger charge is -2.20. The zero-order chi connectivity index (χ0) is 21.1. The van der Waals surface area contributed by atoms with Crippen LogP contribution in [0.25, 0.3) is 0 Å². The zero-order valence-corrected chi connectivity index (χ0v) is 17.0. The van der Waals surface area contributed by atoms with Gasteiger partial charge in [0.25, 0.3) is 0 Å². The second-order valence-corrected chi connectivity index (χ2v) is 6.90. The number of hydrogen-bond donors (Lipinski definition) is 2. The molecule has 2 N–H and O–H groups in total. The Hall–Kier alpha value is -2.86. The molecule has 2 aromatic carbocycles. The molecule has 0 saturated heterocycles. The maximum Gasteiger partial charge on any atom is 0.331 e. The first-order valence-corrected chi connectivity index (χ1v) is 9.89. The highest BCUT2D eigenvalue weighted by Gasteiger charge is 2.27. The molecule has 2 rings (SSSR count). The van der Waals surface area contributed by atoms with Gasteiger partial charge in [-0.2, -0.15) is 0 Å². The smallest absolute Gasteiger partial charge is 0.331 e. The van der Waals surface area contributed by atoms with Gasteiger partial charge >= 0.3 is 5.97 Å². The predicted octanol–water partition coefficient (Wildman–Crippen LogP) is 3.02. The summed E-state index contributed by atoms with van der Waals surface area (Å²) in [4.78, 5) is 24.6. The summed E-state index contributed by atoms with van der Waals surface area (Å²) in [5, 5.41) is 12.5. The summed E-state index contributed by atoms with van der Waals surface area (Å²) in [6.45, 7) is 4.29. The molecule has 0 aliphatic carbocycles. The molecule has 0 bridgehead atoms. The van der Waals surface area contributed by atoms with Crippen molar-refractivity contribution in [3.8, 4) is 5.75 Å². The van der Waals surface area contributed by atoms with Crippen LogP contribution in [0, 0.1) is 0 Å². The van der Waals surface area contributed by atoms with Crippen LogP contribution in [0.4, 0.5) is 0 Å². The highest BCUT2D eigenvalue weighted by Crippen LogP contribution is 2.13. The molecule has 0 aromatic heterocycles. The number of carbonyl (C=O) groups is 2. The molecule has 0 spiro atoms. The first kappa shape index (κ1) is 22.4. The second-order valence-electron chi connectivity index (χ2n) is 6.90. The Morgan fingerprint density at radius 3 is 2.34 bits per heavy atom. The van der Waals surface area contributed by atoms with Crippen LogP contribution in [0.5, 0.6) is 5.75 Å². The minimum atomic E-state index is -1.12. The van der Waals surface area contributed by atoms with E-state index in [4.69, 9.17) is 9.47 Å². The second kappa shape index (κ2) is 11.9. The summed E-state index contributed by atoms with van der Waals surface area (Å²) in [5.74, 6) is -0.280. The molecule has 0 aliphatic rings. The van der Waals surface area contributed by atoms with Crippen LogP contribution in [0.2, 0.25) is 0 Å². The normalized spacial score (nSPS) is 12.7. The van der Waals surface area contributed by atoms with Crippen LogP contribution in [0.1, 0.15) is 37.8 Å². The van der Waals surface area contributed by atoms with Crippen molar-refractivity contribution in [3.63, 3.8) is 0 Å². The van der Waals surface area contributed by atoms with E-state index < -0.39 is 18.1 Å². The first-order chi connectivity index (χ1) is 14.0. The Morgan fingerprint density at radius 1 is 1.03 bits per heavy atom.